The van der Waals surface area contributed by atoms with Crippen molar-refractivity contribution in [3.05, 3.63) is 65.0 Å². The number of anilines is 1. The molecule has 0 unspecified atom stereocenters. The Morgan fingerprint density at radius 1 is 1.14 bits per heavy atom. The predicted molar refractivity (Wildman–Crippen MR) is 131 cm³/mol. The number of aromatic nitrogens is 2. The number of nitrogens with zero attached hydrogens (tertiary/aromatic N) is 3. The molecule has 0 bridgehead atoms. The van der Waals surface area contributed by atoms with Crippen molar-refractivity contribution in [3.63, 3.8) is 0 Å². The first-order chi connectivity index (χ1) is 17.2. The molecule has 0 saturated heterocycles. The van der Waals surface area contributed by atoms with E-state index in [0.717, 1.165) is 29.7 Å². The van der Waals surface area contributed by atoms with Crippen molar-refractivity contribution in [2.24, 2.45) is 0 Å². The molecule has 0 saturated carbocycles. The number of fused-ring (bicyclic) bond motifs is 1. The van der Waals surface area contributed by atoms with Crippen LogP contribution >= 0.6 is 0 Å². The minimum atomic E-state index is -4.43. The van der Waals surface area contributed by atoms with Crippen LogP contribution in [0.5, 0.6) is 5.88 Å². The lowest BCUT2D eigenvalue weighted by atomic mass is 9.93. The number of halogens is 3. The summed E-state index contributed by atoms with van der Waals surface area (Å²) in [6.45, 7) is 7.63. The van der Waals surface area contributed by atoms with Crippen LogP contribution in [0.25, 0.3) is 0 Å². The maximum Gasteiger partial charge on any atom is 0.422 e. The molecule has 3 aromatic rings. The maximum absolute atomic E-state index is 13.0. The summed E-state index contributed by atoms with van der Waals surface area (Å²) in [6, 6.07) is 9.65. The van der Waals surface area contributed by atoms with Crippen LogP contribution in [0.15, 0.2) is 52.0 Å². The Morgan fingerprint density at radius 2 is 1.89 bits per heavy atom. The van der Waals surface area contributed by atoms with Crippen LogP contribution in [-0.2, 0) is 28.4 Å². The van der Waals surface area contributed by atoms with E-state index in [4.69, 9.17) is 4.52 Å². The standard InChI is InChI=1S/C25H29F3N4O4S/c1-16(18-6-8-23(29-13-18)35-15-25(26,27)28)32-10-9-17-5-7-20(11-19(17)14-32)37(33,34)31-22-12-21(36-30-22)24(2,3)4/h5-8,11-13,16H,9-10,14-15H2,1-4H3,(H,30,31)/t16-/m1/s1. The van der Waals surface area contributed by atoms with E-state index in [2.05, 4.69) is 24.5 Å². The normalized spacial score (nSPS) is 15.8. The third-order valence-electron chi connectivity index (χ3n) is 6.19. The van der Waals surface area contributed by atoms with Crippen molar-refractivity contribution < 1.29 is 30.8 Å². The Morgan fingerprint density at radius 3 is 2.51 bits per heavy atom. The Labute approximate surface area is 213 Å². The summed E-state index contributed by atoms with van der Waals surface area (Å²) in [5.74, 6) is 0.587. The van der Waals surface area contributed by atoms with Gasteiger partial charge in [0.25, 0.3) is 10.0 Å². The fourth-order valence-electron chi connectivity index (χ4n) is 4.02. The molecular formula is C25H29F3N4O4S. The third-order valence-corrected chi connectivity index (χ3v) is 7.54. The summed E-state index contributed by atoms with van der Waals surface area (Å²) < 4.78 is 75.6. The first-order valence-electron chi connectivity index (χ1n) is 11.7. The van der Waals surface area contributed by atoms with Gasteiger partial charge in [-0.3, -0.25) is 9.62 Å². The van der Waals surface area contributed by atoms with Gasteiger partial charge in [0, 0.05) is 42.9 Å². The van der Waals surface area contributed by atoms with Gasteiger partial charge >= 0.3 is 6.18 Å². The van der Waals surface area contributed by atoms with Crippen LogP contribution in [0.4, 0.5) is 19.0 Å². The minimum Gasteiger partial charge on any atom is -0.468 e. The lowest BCUT2D eigenvalue weighted by Crippen LogP contribution is -2.33. The highest BCUT2D eigenvalue weighted by atomic mass is 32.2. The minimum absolute atomic E-state index is 0.0957. The van der Waals surface area contributed by atoms with Gasteiger partial charge in [-0.1, -0.05) is 38.1 Å². The lowest BCUT2D eigenvalue weighted by Gasteiger charge is -2.34. The maximum atomic E-state index is 13.0. The molecule has 1 atom stereocenters. The molecule has 0 spiro atoms. The molecule has 0 radical (unpaired) electrons. The van der Waals surface area contributed by atoms with E-state index in [0.29, 0.717) is 12.3 Å². The summed E-state index contributed by atoms with van der Waals surface area (Å²) in [4.78, 5) is 6.27. The fraction of sp³-hybridized carbons (Fsp3) is 0.440. The zero-order valence-electron chi connectivity index (χ0n) is 21.0. The largest absolute Gasteiger partial charge is 0.468 e. The highest BCUT2D eigenvalue weighted by Crippen LogP contribution is 2.30. The van der Waals surface area contributed by atoms with Gasteiger partial charge in [0.1, 0.15) is 5.76 Å². The second kappa shape index (κ2) is 9.97. The topological polar surface area (TPSA) is 97.6 Å². The van der Waals surface area contributed by atoms with Crippen molar-refractivity contribution in [1.29, 1.82) is 0 Å². The Bertz CT molecular complexity index is 1350. The SMILES string of the molecule is C[C@H](c1ccc(OCC(F)(F)F)nc1)N1CCc2ccc(S(=O)(=O)Nc3cc(C(C)(C)C)on3)cc2C1. The average molecular weight is 539 g/mol. The number of pyridine rings is 1. The summed E-state index contributed by atoms with van der Waals surface area (Å²) >= 11 is 0. The molecule has 1 aromatic carbocycles. The Balaban J connectivity index is 1.46. The van der Waals surface area contributed by atoms with Gasteiger partial charge in [-0.25, -0.2) is 13.4 Å². The van der Waals surface area contributed by atoms with Gasteiger partial charge < -0.3 is 9.26 Å². The number of sulfonamides is 1. The van der Waals surface area contributed by atoms with E-state index in [1.807, 2.05) is 33.8 Å². The first kappa shape index (κ1) is 26.9. The molecule has 2 aromatic heterocycles. The highest BCUT2D eigenvalue weighted by molar-refractivity contribution is 7.92. The quantitative estimate of drug-likeness (QED) is 0.440. The second-order valence-electron chi connectivity index (χ2n) is 10.1. The Kier molecular flexibility index (Phi) is 7.26. The molecule has 0 fully saturated rings. The zero-order valence-corrected chi connectivity index (χ0v) is 21.8. The van der Waals surface area contributed by atoms with Crippen LogP contribution < -0.4 is 9.46 Å². The smallest absolute Gasteiger partial charge is 0.422 e. The molecule has 12 heteroatoms. The Hall–Kier alpha value is -3.12. The summed E-state index contributed by atoms with van der Waals surface area (Å²) in [7, 11) is -3.88. The molecule has 0 aliphatic carbocycles. The van der Waals surface area contributed by atoms with Crippen molar-refractivity contribution in [1.82, 2.24) is 15.0 Å². The summed E-state index contributed by atoms with van der Waals surface area (Å²) in [6.07, 6.45) is -2.20. The number of rotatable bonds is 7. The summed E-state index contributed by atoms with van der Waals surface area (Å²) in [5, 5.41) is 3.84. The van der Waals surface area contributed by atoms with Crippen molar-refractivity contribution in [2.75, 3.05) is 17.9 Å². The zero-order chi connectivity index (χ0) is 27.0. The van der Waals surface area contributed by atoms with E-state index in [9.17, 15) is 21.6 Å². The number of ether oxygens (including phenoxy) is 1. The molecular weight excluding hydrogens is 509 g/mol. The molecule has 1 aliphatic heterocycles. The van der Waals surface area contributed by atoms with E-state index in [1.54, 1.807) is 24.3 Å². The van der Waals surface area contributed by atoms with Crippen LogP contribution in [0.1, 0.15) is 56.2 Å². The van der Waals surface area contributed by atoms with Gasteiger partial charge in [0.2, 0.25) is 5.88 Å². The summed E-state index contributed by atoms with van der Waals surface area (Å²) in [5.41, 5.74) is 2.45. The van der Waals surface area contributed by atoms with Crippen molar-refractivity contribution in [2.45, 2.75) is 63.2 Å². The number of hydrogen-bond acceptors (Lipinski definition) is 7. The van der Waals surface area contributed by atoms with Crippen molar-refractivity contribution in [3.8, 4) is 5.88 Å². The van der Waals surface area contributed by atoms with Crippen LogP contribution in [0.2, 0.25) is 0 Å². The third kappa shape index (κ3) is 6.61. The molecule has 1 aliphatic rings. The van der Waals surface area contributed by atoms with E-state index < -0.39 is 22.8 Å². The molecule has 3 heterocycles. The lowest BCUT2D eigenvalue weighted by molar-refractivity contribution is -0.154. The first-order valence-corrected chi connectivity index (χ1v) is 13.2. The van der Waals surface area contributed by atoms with Crippen LogP contribution in [0.3, 0.4) is 0 Å². The van der Waals surface area contributed by atoms with Gasteiger partial charge in [0.05, 0.1) is 4.90 Å². The van der Waals surface area contributed by atoms with Gasteiger partial charge in [-0.05, 0) is 42.2 Å². The molecule has 8 nitrogen and oxygen atoms in total. The van der Waals surface area contributed by atoms with Crippen molar-refractivity contribution >= 4 is 15.8 Å². The average Bonchev–Trinajstić information content (AvgIpc) is 3.30. The van der Waals surface area contributed by atoms with E-state index in [1.165, 1.54) is 12.3 Å². The fourth-order valence-corrected chi connectivity index (χ4v) is 5.05. The molecule has 1 N–H and O–H groups in total. The number of alkyl halides is 3. The number of benzene rings is 1. The molecule has 4 rings (SSSR count). The molecule has 37 heavy (non-hydrogen) atoms. The van der Waals surface area contributed by atoms with E-state index >= 15 is 0 Å². The van der Waals surface area contributed by atoms with Crippen LogP contribution in [0, 0.1) is 0 Å². The van der Waals surface area contributed by atoms with Crippen LogP contribution in [-0.4, -0.2) is 42.8 Å². The van der Waals surface area contributed by atoms with E-state index in [-0.39, 0.29) is 28.1 Å². The van der Waals surface area contributed by atoms with Gasteiger partial charge in [-0.15, -0.1) is 0 Å². The molecule has 0 amide bonds. The highest BCUT2D eigenvalue weighted by Gasteiger charge is 2.29. The second-order valence-corrected chi connectivity index (χ2v) is 11.8. The van der Waals surface area contributed by atoms with Gasteiger partial charge in [0.15, 0.2) is 12.4 Å². The van der Waals surface area contributed by atoms with Gasteiger partial charge in [-0.2, -0.15) is 13.2 Å². The predicted octanol–water partition coefficient (Wildman–Crippen LogP) is 5.23. The number of nitrogens with one attached hydrogen (secondary N) is 1. The molecule has 200 valence electrons. The monoisotopic (exact) mass is 538 g/mol. The number of hydrogen-bond donors (Lipinski definition) is 1.